The minimum Gasteiger partial charge on any atom is -0.467 e. The lowest BCUT2D eigenvalue weighted by atomic mass is 10.2. The van der Waals surface area contributed by atoms with Crippen molar-refractivity contribution in [3.05, 3.63) is 59.1 Å². The summed E-state index contributed by atoms with van der Waals surface area (Å²) in [4.78, 5) is 15.9. The smallest absolute Gasteiger partial charge is 0.337 e. The molecule has 3 aromatic rings. The summed E-state index contributed by atoms with van der Waals surface area (Å²) in [6.45, 7) is 0.427. The van der Waals surface area contributed by atoms with Crippen LogP contribution in [0.5, 0.6) is 0 Å². The van der Waals surface area contributed by atoms with E-state index in [9.17, 15) is 4.79 Å². The molecule has 8 nitrogen and oxygen atoms in total. The van der Waals surface area contributed by atoms with Crippen LogP contribution in [0.1, 0.15) is 16.1 Å². The van der Waals surface area contributed by atoms with Crippen molar-refractivity contribution in [1.29, 1.82) is 0 Å². The van der Waals surface area contributed by atoms with Crippen molar-refractivity contribution < 1.29 is 13.9 Å². The van der Waals surface area contributed by atoms with Crippen LogP contribution in [0.3, 0.4) is 0 Å². The Morgan fingerprint density at radius 1 is 1.36 bits per heavy atom. The van der Waals surface area contributed by atoms with Gasteiger partial charge in [0, 0.05) is 0 Å². The monoisotopic (exact) mass is 359 g/mol. The number of halogens is 1. The number of aromatic nitrogens is 3. The number of methoxy groups -OCH3 is 1. The molecule has 0 aliphatic rings. The van der Waals surface area contributed by atoms with E-state index in [0.29, 0.717) is 34.6 Å². The standard InChI is InChI=1S/C16H14ClN5O3/c1-24-15(23)10-4-5-12(17)13(7-10)20-14-9-19-22-16(21-14)18-8-11-3-2-6-25-11/h2-7,9H,8H2,1H3,(H2,18,20,21,22). The zero-order chi connectivity index (χ0) is 17.6. The SMILES string of the molecule is COC(=O)c1ccc(Cl)c(Nc2cnnc(NCc3ccco3)n2)c1. The summed E-state index contributed by atoms with van der Waals surface area (Å²) in [5.74, 6) is 1.03. The highest BCUT2D eigenvalue weighted by atomic mass is 35.5. The van der Waals surface area contributed by atoms with E-state index in [0.717, 1.165) is 5.76 Å². The third-order valence-electron chi connectivity index (χ3n) is 3.21. The Morgan fingerprint density at radius 3 is 3.00 bits per heavy atom. The number of nitrogens with one attached hydrogen (secondary N) is 2. The second kappa shape index (κ2) is 7.63. The van der Waals surface area contributed by atoms with Gasteiger partial charge in [0.25, 0.3) is 0 Å². The largest absolute Gasteiger partial charge is 0.467 e. The van der Waals surface area contributed by atoms with Crippen LogP contribution in [0.15, 0.2) is 47.2 Å². The van der Waals surface area contributed by atoms with E-state index in [1.54, 1.807) is 30.5 Å². The van der Waals surface area contributed by atoms with Crippen molar-refractivity contribution in [3.63, 3.8) is 0 Å². The van der Waals surface area contributed by atoms with Crippen LogP contribution in [0, 0.1) is 0 Å². The highest BCUT2D eigenvalue weighted by molar-refractivity contribution is 6.33. The molecule has 0 spiro atoms. The van der Waals surface area contributed by atoms with E-state index >= 15 is 0 Å². The predicted molar refractivity (Wildman–Crippen MR) is 91.9 cm³/mol. The lowest BCUT2D eigenvalue weighted by molar-refractivity contribution is 0.0601. The maximum absolute atomic E-state index is 11.6. The van der Waals surface area contributed by atoms with E-state index in [1.165, 1.54) is 13.3 Å². The van der Waals surface area contributed by atoms with Crippen molar-refractivity contribution >= 4 is 35.0 Å². The second-order valence-corrected chi connectivity index (χ2v) is 5.32. The zero-order valence-corrected chi connectivity index (χ0v) is 13.9. The third-order valence-corrected chi connectivity index (χ3v) is 3.54. The first-order chi connectivity index (χ1) is 12.2. The summed E-state index contributed by atoms with van der Waals surface area (Å²) >= 11 is 6.16. The maximum atomic E-state index is 11.6. The van der Waals surface area contributed by atoms with E-state index in [2.05, 4.69) is 25.8 Å². The average molecular weight is 360 g/mol. The summed E-state index contributed by atoms with van der Waals surface area (Å²) in [6, 6.07) is 8.38. The number of nitrogens with zero attached hydrogens (tertiary/aromatic N) is 3. The van der Waals surface area contributed by atoms with Gasteiger partial charge in [0.1, 0.15) is 5.76 Å². The number of furan rings is 1. The Bertz CT molecular complexity index is 870. The highest BCUT2D eigenvalue weighted by Gasteiger charge is 2.10. The number of rotatable bonds is 6. The number of hydrogen-bond donors (Lipinski definition) is 2. The first-order valence-electron chi connectivity index (χ1n) is 7.26. The van der Waals surface area contributed by atoms with Crippen LogP contribution in [-0.4, -0.2) is 28.3 Å². The normalized spacial score (nSPS) is 10.3. The van der Waals surface area contributed by atoms with Gasteiger partial charge in [0.2, 0.25) is 5.95 Å². The van der Waals surface area contributed by atoms with Crippen LogP contribution in [0.4, 0.5) is 17.5 Å². The first-order valence-corrected chi connectivity index (χ1v) is 7.64. The summed E-state index contributed by atoms with van der Waals surface area (Å²) in [5.41, 5.74) is 0.870. The van der Waals surface area contributed by atoms with Gasteiger partial charge < -0.3 is 19.8 Å². The fourth-order valence-electron chi connectivity index (χ4n) is 2.02. The average Bonchev–Trinajstić information content (AvgIpc) is 3.15. The van der Waals surface area contributed by atoms with Gasteiger partial charge in [-0.15, -0.1) is 5.10 Å². The molecule has 25 heavy (non-hydrogen) atoms. The Labute approximate surface area is 148 Å². The Kier molecular flexibility index (Phi) is 5.10. The van der Waals surface area contributed by atoms with Crippen molar-refractivity contribution in [3.8, 4) is 0 Å². The lowest BCUT2D eigenvalue weighted by Gasteiger charge is -2.10. The molecule has 0 fully saturated rings. The van der Waals surface area contributed by atoms with Gasteiger partial charge in [-0.25, -0.2) is 4.79 Å². The summed E-state index contributed by atoms with van der Waals surface area (Å²) in [5, 5.41) is 14.2. The molecule has 2 N–H and O–H groups in total. The predicted octanol–water partition coefficient (Wildman–Crippen LogP) is 3.26. The minimum atomic E-state index is -0.457. The summed E-state index contributed by atoms with van der Waals surface area (Å²) in [6.07, 6.45) is 3.03. The van der Waals surface area contributed by atoms with Gasteiger partial charge in [0.15, 0.2) is 5.82 Å². The van der Waals surface area contributed by atoms with Gasteiger partial charge >= 0.3 is 5.97 Å². The summed E-state index contributed by atoms with van der Waals surface area (Å²) < 4.78 is 9.93. The summed E-state index contributed by atoms with van der Waals surface area (Å²) in [7, 11) is 1.31. The molecule has 0 aliphatic heterocycles. The molecule has 2 aromatic heterocycles. The maximum Gasteiger partial charge on any atom is 0.337 e. The Balaban J connectivity index is 1.74. The van der Waals surface area contributed by atoms with Crippen molar-refractivity contribution in [2.24, 2.45) is 0 Å². The molecule has 2 heterocycles. The number of esters is 1. The molecule has 1 aromatic carbocycles. The molecule has 0 radical (unpaired) electrons. The molecule has 3 rings (SSSR count). The third kappa shape index (κ3) is 4.24. The van der Waals surface area contributed by atoms with Gasteiger partial charge in [0.05, 0.1) is 42.4 Å². The van der Waals surface area contributed by atoms with Crippen LogP contribution in [-0.2, 0) is 11.3 Å². The van der Waals surface area contributed by atoms with Gasteiger partial charge in [-0.05, 0) is 30.3 Å². The fraction of sp³-hybridized carbons (Fsp3) is 0.125. The number of benzene rings is 1. The number of anilines is 3. The van der Waals surface area contributed by atoms with Gasteiger partial charge in [-0.1, -0.05) is 11.6 Å². The number of carbonyl (C=O) groups is 1. The van der Waals surface area contributed by atoms with E-state index in [1.807, 2.05) is 6.07 Å². The molecule has 0 atom stereocenters. The number of ether oxygens (including phenoxy) is 1. The van der Waals surface area contributed by atoms with Crippen LogP contribution in [0.2, 0.25) is 5.02 Å². The molecule has 0 bridgehead atoms. The van der Waals surface area contributed by atoms with Gasteiger partial charge in [-0.2, -0.15) is 10.1 Å². The van der Waals surface area contributed by atoms with E-state index < -0.39 is 5.97 Å². The molecular weight excluding hydrogens is 346 g/mol. The lowest BCUT2D eigenvalue weighted by Crippen LogP contribution is -2.06. The molecule has 0 saturated carbocycles. The quantitative estimate of drug-likeness (QED) is 0.646. The Morgan fingerprint density at radius 2 is 2.24 bits per heavy atom. The topological polar surface area (TPSA) is 102 Å². The first kappa shape index (κ1) is 16.7. The number of carbonyl (C=O) groups excluding carboxylic acids is 1. The van der Waals surface area contributed by atoms with E-state index in [4.69, 9.17) is 20.8 Å². The van der Waals surface area contributed by atoms with Crippen LogP contribution in [0.25, 0.3) is 0 Å². The molecule has 128 valence electrons. The van der Waals surface area contributed by atoms with Crippen molar-refractivity contribution in [2.45, 2.75) is 6.54 Å². The van der Waals surface area contributed by atoms with Crippen LogP contribution >= 0.6 is 11.6 Å². The number of hydrogen-bond acceptors (Lipinski definition) is 8. The van der Waals surface area contributed by atoms with Crippen molar-refractivity contribution in [2.75, 3.05) is 17.7 Å². The van der Waals surface area contributed by atoms with Crippen molar-refractivity contribution in [1.82, 2.24) is 15.2 Å². The molecule has 0 aliphatic carbocycles. The molecule has 0 unspecified atom stereocenters. The minimum absolute atomic E-state index is 0.321. The molecular formula is C16H14ClN5O3. The van der Waals surface area contributed by atoms with Gasteiger partial charge in [-0.3, -0.25) is 0 Å². The zero-order valence-electron chi connectivity index (χ0n) is 13.2. The van der Waals surface area contributed by atoms with E-state index in [-0.39, 0.29) is 0 Å². The molecule has 0 amide bonds. The second-order valence-electron chi connectivity index (χ2n) is 4.91. The Hall–Kier alpha value is -3.13. The fourth-order valence-corrected chi connectivity index (χ4v) is 2.19. The molecule has 0 saturated heterocycles. The van der Waals surface area contributed by atoms with Crippen LogP contribution < -0.4 is 10.6 Å². The highest BCUT2D eigenvalue weighted by Crippen LogP contribution is 2.26. The molecule has 9 heteroatoms.